The number of nitrogens with zero attached hydrogens (tertiary/aromatic N) is 2. The van der Waals surface area contributed by atoms with Gasteiger partial charge in [-0.1, -0.05) is 37.6 Å². The highest BCUT2D eigenvalue weighted by atomic mass is 35.5. The summed E-state index contributed by atoms with van der Waals surface area (Å²) < 4.78 is 6.72. The first-order valence-electron chi connectivity index (χ1n) is 8.54. The van der Waals surface area contributed by atoms with Crippen molar-refractivity contribution in [2.45, 2.75) is 26.5 Å². The Morgan fingerprint density at radius 1 is 1.32 bits per heavy atom. The molecular weight excluding hydrogens is 402 g/mol. The van der Waals surface area contributed by atoms with E-state index in [1.807, 2.05) is 0 Å². The number of ether oxygens (including phenoxy) is 1. The molecule has 0 saturated carbocycles. The van der Waals surface area contributed by atoms with Crippen LogP contribution in [0.5, 0.6) is 0 Å². The molecule has 0 radical (unpaired) electrons. The van der Waals surface area contributed by atoms with Crippen molar-refractivity contribution in [2.75, 3.05) is 0 Å². The SMILES string of the molecule is CC(C)[C@@H](NC(=O)c1ccccc1Cl)C(=O)OCc1cc(=O)n2ccsc2n1. The van der Waals surface area contributed by atoms with Gasteiger partial charge in [0.15, 0.2) is 4.96 Å². The summed E-state index contributed by atoms with van der Waals surface area (Å²) in [5.74, 6) is -1.28. The van der Waals surface area contributed by atoms with Crippen molar-refractivity contribution in [3.05, 3.63) is 68.5 Å². The number of esters is 1. The van der Waals surface area contributed by atoms with Crippen LogP contribution in [-0.4, -0.2) is 27.3 Å². The number of aromatic nitrogens is 2. The molecule has 0 aliphatic rings. The number of fused-ring (bicyclic) bond motifs is 1. The molecule has 0 spiro atoms. The van der Waals surface area contributed by atoms with Crippen LogP contribution in [0.3, 0.4) is 0 Å². The summed E-state index contributed by atoms with van der Waals surface area (Å²) in [4.78, 5) is 41.8. The van der Waals surface area contributed by atoms with E-state index in [2.05, 4.69) is 10.3 Å². The second-order valence-corrected chi connectivity index (χ2v) is 7.70. The summed E-state index contributed by atoms with van der Waals surface area (Å²) in [6.45, 7) is 3.43. The van der Waals surface area contributed by atoms with Gasteiger partial charge in [-0.3, -0.25) is 14.0 Å². The quantitative estimate of drug-likeness (QED) is 0.620. The van der Waals surface area contributed by atoms with E-state index in [-0.39, 0.29) is 23.6 Å². The number of carbonyl (C=O) groups excluding carboxylic acids is 2. The first kappa shape index (κ1) is 20.0. The van der Waals surface area contributed by atoms with Crippen molar-refractivity contribution in [1.29, 1.82) is 0 Å². The molecule has 7 nitrogen and oxygen atoms in total. The Kier molecular flexibility index (Phi) is 6.11. The van der Waals surface area contributed by atoms with Crippen LogP contribution in [0.25, 0.3) is 4.96 Å². The third kappa shape index (κ3) is 4.40. The van der Waals surface area contributed by atoms with Crippen molar-refractivity contribution in [3.63, 3.8) is 0 Å². The summed E-state index contributed by atoms with van der Waals surface area (Å²) in [5, 5.41) is 4.71. The summed E-state index contributed by atoms with van der Waals surface area (Å²) in [6.07, 6.45) is 1.63. The number of hydrogen-bond donors (Lipinski definition) is 1. The molecule has 1 atom stereocenters. The molecule has 0 saturated heterocycles. The Balaban J connectivity index is 1.69. The number of carbonyl (C=O) groups is 2. The van der Waals surface area contributed by atoms with E-state index in [0.29, 0.717) is 15.7 Å². The lowest BCUT2D eigenvalue weighted by atomic mass is 10.0. The average molecular weight is 420 g/mol. The number of rotatable bonds is 6. The fourth-order valence-electron chi connectivity index (χ4n) is 2.56. The Bertz CT molecular complexity index is 1080. The van der Waals surface area contributed by atoms with Crippen LogP contribution in [-0.2, 0) is 16.1 Å². The number of benzene rings is 1. The minimum atomic E-state index is -0.865. The van der Waals surface area contributed by atoms with Crippen molar-refractivity contribution in [1.82, 2.24) is 14.7 Å². The first-order chi connectivity index (χ1) is 13.4. The van der Waals surface area contributed by atoms with Crippen LogP contribution in [0, 0.1) is 5.92 Å². The van der Waals surface area contributed by atoms with Crippen LogP contribution in [0.4, 0.5) is 0 Å². The van der Waals surface area contributed by atoms with Gasteiger partial charge in [0.25, 0.3) is 11.5 Å². The lowest BCUT2D eigenvalue weighted by Crippen LogP contribution is -2.45. The van der Waals surface area contributed by atoms with Crippen molar-refractivity contribution >= 4 is 39.8 Å². The molecule has 2 aromatic heterocycles. The van der Waals surface area contributed by atoms with Gasteiger partial charge < -0.3 is 10.1 Å². The zero-order valence-electron chi connectivity index (χ0n) is 15.2. The topological polar surface area (TPSA) is 89.8 Å². The smallest absolute Gasteiger partial charge is 0.329 e. The normalized spacial score (nSPS) is 12.1. The molecule has 28 heavy (non-hydrogen) atoms. The van der Waals surface area contributed by atoms with E-state index in [1.165, 1.54) is 21.8 Å². The van der Waals surface area contributed by atoms with Crippen molar-refractivity contribution in [2.24, 2.45) is 5.92 Å². The highest BCUT2D eigenvalue weighted by Gasteiger charge is 2.27. The third-order valence-electron chi connectivity index (χ3n) is 4.04. The van der Waals surface area contributed by atoms with Crippen molar-refractivity contribution in [3.8, 4) is 0 Å². The number of halogens is 1. The third-order valence-corrected chi connectivity index (χ3v) is 5.13. The minimum absolute atomic E-state index is 0.159. The highest BCUT2D eigenvalue weighted by molar-refractivity contribution is 7.15. The molecule has 0 aliphatic heterocycles. The van der Waals surface area contributed by atoms with Crippen LogP contribution >= 0.6 is 22.9 Å². The molecule has 1 N–H and O–H groups in total. The van der Waals surface area contributed by atoms with E-state index in [4.69, 9.17) is 16.3 Å². The Morgan fingerprint density at radius 3 is 2.79 bits per heavy atom. The van der Waals surface area contributed by atoms with Gasteiger partial charge in [-0.2, -0.15) is 0 Å². The largest absolute Gasteiger partial charge is 0.458 e. The summed E-state index contributed by atoms with van der Waals surface area (Å²) in [7, 11) is 0. The molecule has 0 unspecified atom stereocenters. The first-order valence-corrected chi connectivity index (χ1v) is 9.80. The lowest BCUT2D eigenvalue weighted by Gasteiger charge is -2.21. The van der Waals surface area contributed by atoms with Gasteiger partial charge in [0, 0.05) is 17.6 Å². The van der Waals surface area contributed by atoms with E-state index in [0.717, 1.165) is 0 Å². The van der Waals surface area contributed by atoms with Gasteiger partial charge in [0.05, 0.1) is 16.3 Å². The molecule has 1 aromatic carbocycles. The molecule has 2 heterocycles. The zero-order valence-corrected chi connectivity index (χ0v) is 16.8. The average Bonchev–Trinajstić information content (AvgIpc) is 3.13. The van der Waals surface area contributed by atoms with E-state index in [9.17, 15) is 14.4 Å². The number of amides is 1. The Hall–Kier alpha value is -2.71. The van der Waals surface area contributed by atoms with E-state index >= 15 is 0 Å². The van der Waals surface area contributed by atoms with Crippen LogP contribution < -0.4 is 10.9 Å². The van der Waals surface area contributed by atoms with Gasteiger partial charge >= 0.3 is 5.97 Å². The van der Waals surface area contributed by atoms with Gasteiger partial charge in [0.1, 0.15) is 12.6 Å². The Labute approximate surface area is 169 Å². The maximum absolute atomic E-state index is 12.5. The molecule has 9 heteroatoms. The van der Waals surface area contributed by atoms with Crippen LogP contribution in [0.2, 0.25) is 5.02 Å². The van der Waals surface area contributed by atoms with E-state index in [1.54, 1.807) is 49.7 Å². The zero-order chi connectivity index (χ0) is 20.3. The lowest BCUT2D eigenvalue weighted by molar-refractivity contribution is -0.148. The minimum Gasteiger partial charge on any atom is -0.458 e. The molecule has 1 amide bonds. The van der Waals surface area contributed by atoms with Gasteiger partial charge in [-0.25, -0.2) is 9.78 Å². The van der Waals surface area contributed by atoms with Gasteiger partial charge in [0.2, 0.25) is 0 Å². The summed E-state index contributed by atoms with van der Waals surface area (Å²) >= 11 is 7.35. The number of nitrogens with one attached hydrogen (secondary N) is 1. The second-order valence-electron chi connectivity index (χ2n) is 6.42. The highest BCUT2D eigenvalue weighted by Crippen LogP contribution is 2.16. The van der Waals surface area contributed by atoms with Crippen LogP contribution in [0.1, 0.15) is 29.9 Å². The standard InChI is InChI=1S/C19H18ClN3O4S/c1-11(2)16(22-17(25)13-5-3-4-6-14(13)20)18(26)27-10-12-9-15(24)23-7-8-28-19(23)21-12/h3-9,11,16H,10H2,1-2H3,(H,22,25)/t16-/m1/s1. The molecule has 3 rings (SSSR count). The molecule has 0 aliphatic carbocycles. The molecule has 0 fully saturated rings. The monoisotopic (exact) mass is 419 g/mol. The molecular formula is C19H18ClN3O4S. The molecule has 146 valence electrons. The predicted molar refractivity (Wildman–Crippen MR) is 107 cm³/mol. The maximum Gasteiger partial charge on any atom is 0.329 e. The fourth-order valence-corrected chi connectivity index (χ4v) is 3.52. The van der Waals surface area contributed by atoms with Gasteiger partial charge in [-0.15, -0.1) is 11.3 Å². The van der Waals surface area contributed by atoms with Crippen molar-refractivity contribution < 1.29 is 14.3 Å². The predicted octanol–water partition coefficient (Wildman–Crippen LogP) is 2.91. The van der Waals surface area contributed by atoms with E-state index < -0.39 is 17.9 Å². The summed E-state index contributed by atoms with van der Waals surface area (Å²) in [5.41, 5.74) is 0.380. The second kappa shape index (κ2) is 8.53. The number of hydrogen-bond acceptors (Lipinski definition) is 6. The Morgan fingerprint density at radius 2 is 2.07 bits per heavy atom. The number of thiazole rings is 1. The molecule has 3 aromatic rings. The van der Waals surface area contributed by atoms with Gasteiger partial charge in [-0.05, 0) is 18.1 Å². The molecule has 0 bridgehead atoms. The summed E-state index contributed by atoms with van der Waals surface area (Å²) in [6, 6.07) is 7.04. The fraction of sp³-hybridized carbons (Fsp3) is 0.263. The maximum atomic E-state index is 12.5. The van der Waals surface area contributed by atoms with Crippen LogP contribution in [0.15, 0.2) is 46.7 Å².